The van der Waals surface area contributed by atoms with E-state index in [1.807, 2.05) is 0 Å². The van der Waals surface area contributed by atoms with Gasteiger partial charge in [-0.2, -0.15) is 0 Å². The van der Waals surface area contributed by atoms with Crippen LogP contribution in [0.2, 0.25) is 0 Å². The summed E-state index contributed by atoms with van der Waals surface area (Å²) < 4.78 is 5.40. The van der Waals surface area contributed by atoms with Crippen LogP contribution in [0.5, 0.6) is 0 Å². The maximum Gasteiger partial charge on any atom is 0.0471 e. The van der Waals surface area contributed by atoms with Gasteiger partial charge in [-0.1, -0.05) is 0 Å². The third-order valence-electron chi connectivity index (χ3n) is 4.05. The van der Waals surface area contributed by atoms with Crippen molar-refractivity contribution in [1.29, 1.82) is 0 Å². The van der Waals surface area contributed by atoms with Gasteiger partial charge in [0.1, 0.15) is 0 Å². The summed E-state index contributed by atoms with van der Waals surface area (Å²) in [4.78, 5) is 0. The van der Waals surface area contributed by atoms with E-state index >= 15 is 0 Å². The van der Waals surface area contributed by atoms with E-state index in [2.05, 4.69) is 5.32 Å². The highest BCUT2D eigenvalue weighted by Crippen LogP contribution is 2.60. The van der Waals surface area contributed by atoms with Crippen LogP contribution in [-0.2, 0) is 4.74 Å². The van der Waals surface area contributed by atoms with Crippen LogP contribution in [-0.4, -0.2) is 26.3 Å². The molecule has 2 aliphatic heterocycles. The van der Waals surface area contributed by atoms with E-state index < -0.39 is 0 Å². The lowest BCUT2D eigenvalue weighted by Crippen LogP contribution is -2.64. The van der Waals surface area contributed by atoms with Crippen molar-refractivity contribution in [3.05, 3.63) is 0 Å². The summed E-state index contributed by atoms with van der Waals surface area (Å²) in [6.07, 6.45) is 5.62. The Labute approximate surface area is 73.7 Å². The largest absolute Gasteiger partial charge is 0.381 e. The molecular formula is C10H17NO. The van der Waals surface area contributed by atoms with Crippen molar-refractivity contribution in [2.45, 2.75) is 25.7 Å². The number of hydrogen-bond donors (Lipinski definition) is 1. The minimum absolute atomic E-state index is 0.723. The van der Waals surface area contributed by atoms with E-state index in [9.17, 15) is 0 Å². The molecule has 3 fully saturated rings. The van der Waals surface area contributed by atoms with Gasteiger partial charge in [-0.25, -0.2) is 0 Å². The second-order valence-electron chi connectivity index (χ2n) is 5.07. The standard InChI is InChI=1S/C10H17NO/c1-3-12-4-2-9(1)5-10(6-9)7-11-8-10/h11H,1-8H2. The molecule has 2 spiro atoms. The zero-order valence-corrected chi connectivity index (χ0v) is 7.57. The number of hydrogen-bond acceptors (Lipinski definition) is 2. The minimum Gasteiger partial charge on any atom is -0.381 e. The SMILES string of the molecule is C1CC2(CCO1)CC1(CNC1)C2. The van der Waals surface area contributed by atoms with Crippen molar-refractivity contribution in [3.8, 4) is 0 Å². The number of rotatable bonds is 0. The Balaban J connectivity index is 1.65. The maximum absolute atomic E-state index is 5.40. The lowest BCUT2D eigenvalue weighted by atomic mass is 9.48. The van der Waals surface area contributed by atoms with Crippen LogP contribution in [0.4, 0.5) is 0 Å². The second-order valence-corrected chi connectivity index (χ2v) is 5.07. The minimum atomic E-state index is 0.723. The summed E-state index contributed by atoms with van der Waals surface area (Å²) in [5, 5.41) is 3.39. The van der Waals surface area contributed by atoms with E-state index in [1.54, 1.807) is 0 Å². The van der Waals surface area contributed by atoms with Gasteiger partial charge in [0.25, 0.3) is 0 Å². The summed E-state index contributed by atoms with van der Waals surface area (Å²) in [7, 11) is 0. The van der Waals surface area contributed by atoms with E-state index in [-0.39, 0.29) is 0 Å². The summed E-state index contributed by atoms with van der Waals surface area (Å²) in [6.45, 7) is 4.61. The Kier molecular flexibility index (Phi) is 1.37. The Hall–Kier alpha value is -0.0800. The summed E-state index contributed by atoms with van der Waals surface area (Å²) in [5.74, 6) is 0. The zero-order valence-electron chi connectivity index (χ0n) is 7.57. The Bertz CT molecular complexity index is 182. The highest BCUT2D eigenvalue weighted by atomic mass is 16.5. The monoisotopic (exact) mass is 167 g/mol. The highest BCUT2D eigenvalue weighted by molar-refractivity contribution is 5.09. The predicted molar refractivity (Wildman–Crippen MR) is 47.0 cm³/mol. The van der Waals surface area contributed by atoms with E-state index in [1.165, 1.54) is 38.8 Å². The average Bonchev–Trinajstić information content (AvgIpc) is 1.98. The summed E-state index contributed by atoms with van der Waals surface area (Å²) in [5.41, 5.74) is 1.47. The van der Waals surface area contributed by atoms with E-state index in [0.29, 0.717) is 0 Å². The molecule has 0 amide bonds. The number of nitrogens with one attached hydrogen (secondary N) is 1. The average molecular weight is 167 g/mol. The van der Waals surface area contributed by atoms with Crippen molar-refractivity contribution >= 4 is 0 Å². The fourth-order valence-electron chi connectivity index (χ4n) is 3.43. The summed E-state index contributed by atoms with van der Waals surface area (Å²) >= 11 is 0. The maximum atomic E-state index is 5.40. The first-order valence-electron chi connectivity index (χ1n) is 5.11. The lowest BCUT2D eigenvalue weighted by molar-refractivity contribution is -0.129. The fourth-order valence-corrected chi connectivity index (χ4v) is 3.43. The van der Waals surface area contributed by atoms with Crippen LogP contribution in [0.15, 0.2) is 0 Å². The Morgan fingerprint density at radius 3 is 2.08 bits per heavy atom. The predicted octanol–water partition coefficient (Wildman–Crippen LogP) is 1.17. The van der Waals surface area contributed by atoms with Crippen molar-refractivity contribution in [3.63, 3.8) is 0 Å². The van der Waals surface area contributed by atoms with Crippen LogP contribution >= 0.6 is 0 Å². The normalized spacial score (nSPS) is 36.0. The van der Waals surface area contributed by atoms with Crippen LogP contribution in [0, 0.1) is 10.8 Å². The molecule has 68 valence electrons. The first-order valence-corrected chi connectivity index (χ1v) is 5.11. The van der Waals surface area contributed by atoms with E-state index in [0.717, 1.165) is 24.0 Å². The van der Waals surface area contributed by atoms with Gasteiger partial charge in [-0.3, -0.25) is 0 Å². The van der Waals surface area contributed by atoms with Crippen molar-refractivity contribution in [2.75, 3.05) is 26.3 Å². The first kappa shape index (κ1) is 7.34. The molecule has 0 aromatic heterocycles. The zero-order chi connectivity index (χ0) is 8.07. The van der Waals surface area contributed by atoms with Gasteiger partial charge in [0.2, 0.25) is 0 Å². The molecule has 1 N–H and O–H groups in total. The molecule has 1 aliphatic carbocycles. The Morgan fingerprint density at radius 2 is 1.58 bits per heavy atom. The first-order chi connectivity index (χ1) is 5.83. The van der Waals surface area contributed by atoms with Crippen LogP contribution < -0.4 is 5.32 Å². The van der Waals surface area contributed by atoms with Gasteiger partial charge in [0.15, 0.2) is 0 Å². The van der Waals surface area contributed by atoms with E-state index in [4.69, 9.17) is 4.74 Å². The molecule has 12 heavy (non-hydrogen) atoms. The van der Waals surface area contributed by atoms with Crippen molar-refractivity contribution < 1.29 is 4.74 Å². The molecule has 2 saturated heterocycles. The van der Waals surface area contributed by atoms with Crippen LogP contribution in [0.25, 0.3) is 0 Å². The molecule has 2 nitrogen and oxygen atoms in total. The molecule has 3 aliphatic rings. The van der Waals surface area contributed by atoms with Crippen molar-refractivity contribution in [1.82, 2.24) is 5.32 Å². The van der Waals surface area contributed by atoms with Gasteiger partial charge in [0.05, 0.1) is 0 Å². The van der Waals surface area contributed by atoms with Crippen molar-refractivity contribution in [2.24, 2.45) is 10.8 Å². The molecule has 0 unspecified atom stereocenters. The summed E-state index contributed by atoms with van der Waals surface area (Å²) in [6, 6.07) is 0. The molecule has 2 heteroatoms. The molecule has 2 heterocycles. The molecule has 3 rings (SSSR count). The molecule has 0 atom stereocenters. The molecule has 0 radical (unpaired) electrons. The quantitative estimate of drug-likeness (QED) is 0.584. The topological polar surface area (TPSA) is 21.3 Å². The number of ether oxygens (including phenoxy) is 1. The van der Waals surface area contributed by atoms with Gasteiger partial charge < -0.3 is 10.1 Å². The van der Waals surface area contributed by atoms with Crippen LogP contribution in [0.3, 0.4) is 0 Å². The van der Waals surface area contributed by atoms with Gasteiger partial charge in [-0.15, -0.1) is 0 Å². The molecule has 1 saturated carbocycles. The Morgan fingerprint density at radius 1 is 0.917 bits per heavy atom. The molecule has 0 aromatic carbocycles. The molecule has 0 aromatic rings. The van der Waals surface area contributed by atoms with Gasteiger partial charge >= 0.3 is 0 Å². The molecular weight excluding hydrogens is 150 g/mol. The van der Waals surface area contributed by atoms with Gasteiger partial charge in [-0.05, 0) is 36.5 Å². The highest BCUT2D eigenvalue weighted by Gasteiger charge is 2.56. The fraction of sp³-hybridized carbons (Fsp3) is 1.00. The second kappa shape index (κ2) is 2.24. The molecule has 0 bridgehead atoms. The third-order valence-corrected chi connectivity index (χ3v) is 4.05. The lowest BCUT2D eigenvalue weighted by Gasteiger charge is -2.62. The van der Waals surface area contributed by atoms with Crippen LogP contribution in [0.1, 0.15) is 25.7 Å². The van der Waals surface area contributed by atoms with Gasteiger partial charge in [0, 0.05) is 26.3 Å². The third kappa shape index (κ3) is 0.882. The smallest absolute Gasteiger partial charge is 0.0471 e.